The summed E-state index contributed by atoms with van der Waals surface area (Å²) in [7, 11) is 0. The van der Waals surface area contributed by atoms with Crippen molar-refractivity contribution in [2.45, 2.75) is 24.7 Å². The molecule has 0 saturated carbocycles. The Balaban J connectivity index is 0.973. The molecule has 2 aliphatic carbocycles. The molecule has 12 rings (SSSR count). The van der Waals surface area contributed by atoms with Gasteiger partial charge < -0.3 is 4.90 Å². The Hall–Kier alpha value is -7.40. The van der Waals surface area contributed by atoms with Gasteiger partial charge in [0.1, 0.15) is 0 Å². The van der Waals surface area contributed by atoms with Gasteiger partial charge in [-0.25, -0.2) is 0 Å². The van der Waals surface area contributed by atoms with Gasteiger partial charge in [0.05, 0.1) is 11.1 Å². The number of anilines is 3. The first-order valence-corrected chi connectivity index (χ1v) is 20.7. The molecule has 0 saturated heterocycles. The lowest BCUT2D eigenvalue weighted by molar-refractivity contribution is 0.790. The molecule has 9 aromatic carbocycles. The van der Waals surface area contributed by atoms with Gasteiger partial charge in [-0.1, -0.05) is 182 Å². The first kappa shape index (κ1) is 33.7. The molecule has 1 heterocycles. The zero-order valence-corrected chi connectivity index (χ0v) is 32.8. The predicted molar refractivity (Wildman–Crippen MR) is 245 cm³/mol. The van der Waals surface area contributed by atoms with Crippen molar-refractivity contribution in [1.82, 2.24) is 0 Å². The van der Waals surface area contributed by atoms with E-state index in [2.05, 4.69) is 218 Å². The number of rotatable bonds is 5. The van der Waals surface area contributed by atoms with Crippen LogP contribution in [0.3, 0.4) is 0 Å². The fourth-order valence-corrected chi connectivity index (χ4v) is 10.7. The summed E-state index contributed by atoms with van der Waals surface area (Å²) in [5.74, 6) is 0.254. The molecule has 0 amide bonds. The van der Waals surface area contributed by atoms with Crippen LogP contribution in [0.5, 0.6) is 0 Å². The second-order valence-corrected chi connectivity index (χ2v) is 16.3. The number of fused-ring (bicyclic) bond motifs is 13. The van der Waals surface area contributed by atoms with Gasteiger partial charge in [0.15, 0.2) is 0 Å². The van der Waals surface area contributed by atoms with Gasteiger partial charge >= 0.3 is 0 Å². The SMILES string of the molecule is Cc1ccc2c(c1)C1(c3ccccc3-c3ccccc31)c1cc(C=Cc3ccc(N4c5ccccc5C(Cc5ccccc5)c5ccccc54)c4ccc#cc34)ccc1-2. The van der Waals surface area contributed by atoms with Gasteiger partial charge in [0, 0.05) is 28.1 Å². The van der Waals surface area contributed by atoms with Gasteiger partial charge in [-0.05, 0) is 122 Å². The lowest BCUT2D eigenvalue weighted by atomic mass is 9.70. The molecule has 0 atom stereocenters. The molecule has 59 heavy (non-hydrogen) atoms. The summed E-state index contributed by atoms with van der Waals surface area (Å²) >= 11 is 0. The summed E-state index contributed by atoms with van der Waals surface area (Å²) < 4.78 is 0. The quantitative estimate of drug-likeness (QED) is 0.158. The van der Waals surface area contributed by atoms with Crippen molar-refractivity contribution in [3.8, 4) is 22.3 Å². The van der Waals surface area contributed by atoms with E-state index in [1.807, 2.05) is 6.07 Å². The van der Waals surface area contributed by atoms with Crippen LogP contribution < -0.4 is 4.90 Å². The lowest BCUT2D eigenvalue weighted by Gasteiger charge is -2.38. The zero-order chi connectivity index (χ0) is 39.1. The molecule has 276 valence electrons. The van der Waals surface area contributed by atoms with E-state index in [-0.39, 0.29) is 11.3 Å². The first-order chi connectivity index (χ1) is 29.2. The Morgan fingerprint density at radius 3 is 1.86 bits per heavy atom. The second kappa shape index (κ2) is 13.1. The Morgan fingerprint density at radius 2 is 1.14 bits per heavy atom. The van der Waals surface area contributed by atoms with E-state index < -0.39 is 0 Å². The highest BCUT2D eigenvalue weighted by molar-refractivity contribution is 6.04. The van der Waals surface area contributed by atoms with Crippen molar-refractivity contribution in [1.29, 1.82) is 0 Å². The maximum absolute atomic E-state index is 3.54. The van der Waals surface area contributed by atoms with E-state index >= 15 is 0 Å². The molecular weight excluding hydrogens is 711 g/mol. The van der Waals surface area contributed by atoms with E-state index in [0.29, 0.717) is 0 Å². The average molecular weight is 750 g/mol. The summed E-state index contributed by atoms with van der Waals surface area (Å²) in [4.78, 5) is 2.46. The van der Waals surface area contributed by atoms with E-state index in [9.17, 15) is 0 Å². The van der Waals surface area contributed by atoms with Crippen LogP contribution in [-0.2, 0) is 11.8 Å². The minimum absolute atomic E-state index is 0.254. The van der Waals surface area contributed by atoms with Gasteiger partial charge in [0.25, 0.3) is 0 Å². The van der Waals surface area contributed by atoms with Crippen LogP contribution >= 0.6 is 0 Å². The van der Waals surface area contributed by atoms with Gasteiger partial charge in [-0.3, -0.25) is 0 Å². The Morgan fingerprint density at radius 1 is 0.525 bits per heavy atom. The molecule has 0 radical (unpaired) electrons. The zero-order valence-electron chi connectivity index (χ0n) is 32.8. The van der Waals surface area contributed by atoms with Crippen molar-refractivity contribution in [3.05, 3.63) is 256 Å². The molecule has 3 aliphatic rings. The minimum atomic E-state index is -0.369. The van der Waals surface area contributed by atoms with Gasteiger partial charge in [0.2, 0.25) is 0 Å². The standard InChI is InChI=1S/C58H39N/c1-38-27-32-45-46-33-29-40(37-54(46)58(53(45)35-38)51-23-11-7-18-43(51)44-19-8-12-24-52(44)58)28-30-41-31-34-57(47-20-6-5-17-42(41)47)59-55-25-13-9-21-48(55)50(36-39-15-3-2-4-16-39)49-22-10-14-26-56(49)59/h2-4,6-16,18-35,37,50H,36H2,1H3. The molecule has 0 N–H and O–H groups in total. The summed E-state index contributed by atoms with van der Waals surface area (Å²) in [5, 5.41) is 2.21. The fraction of sp³-hybridized carbons (Fsp3) is 0.0690. The molecule has 1 aliphatic heterocycles. The monoisotopic (exact) mass is 749 g/mol. The van der Waals surface area contributed by atoms with Crippen LogP contribution in [0.2, 0.25) is 0 Å². The number of nitrogens with zero attached hydrogens (tertiary/aromatic N) is 1. The summed E-state index contributed by atoms with van der Waals surface area (Å²) in [6.07, 6.45) is 5.50. The second-order valence-electron chi connectivity index (χ2n) is 16.3. The van der Waals surface area contributed by atoms with E-state index in [0.717, 1.165) is 28.4 Å². The molecule has 1 spiro atoms. The normalized spacial score (nSPS) is 14.1. The first-order valence-electron chi connectivity index (χ1n) is 20.7. The number of para-hydroxylation sites is 2. The number of benzene rings is 8. The summed E-state index contributed by atoms with van der Waals surface area (Å²) in [5.41, 5.74) is 21.6. The average Bonchev–Trinajstić information content (AvgIpc) is 3.75. The molecule has 9 aromatic rings. The number of hydrogen-bond acceptors (Lipinski definition) is 1. The highest BCUT2D eigenvalue weighted by atomic mass is 15.2. The minimum Gasteiger partial charge on any atom is -0.309 e. The van der Waals surface area contributed by atoms with Crippen molar-refractivity contribution in [3.63, 3.8) is 0 Å². The number of hydrogen-bond donors (Lipinski definition) is 0. The van der Waals surface area contributed by atoms with Gasteiger partial charge in [-0.2, -0.15) is 0 Å². The lowest BCUT2D eigenvalue weighted by Crippen LogP contribution is -2.26. The van der Waals surface area contributed by atoms with E-state index in [1.54, 1.807) is 0 Å². The van der Waals surface area contributed by atoms with E-state index in [4.69, 9.17) is 0 Å². The third-order valence-corrected chi connectivity index (χ3v) is 13.1. The number of aryl methyl sites for hydroxylation is 1. The van der Waals surface area contributed by atoms with Crippen molar-refractivity contribution in [2.75, 3.05) is 4.90 Å². The van der Waals surface area contributed by atoms with Crippen LogP contribution in [0, 0.1) is 19.1 Å². The third-order valence-electron chi connectivity index (χ3n) is 13.1. The molecule has 0 aromatic heterocycles. The van der Waals surface area contributed by atoms with Crippen molar-refractivity contribution >= 4 is 40.0 Å². The molecule has 0 unspecified atom stereocenters. The topological polar surface area (TPSA) is 3.24 Å². The van der Waals surface area contributed by atoms with E-state index in [1.165, 1.54) is 83.7 Å². The molecular formula is C58H39N. The molecule has 1 heteroatoms. The molecule has 0 fully saturated rings. The predicted octanol–water partition coefficient (Wildman–Crippen LogP) is 14.4. The van der Waals surface area contributed by atoms with Crippen LogP contribution in [0.25, 0.3) is 45.2 Å². The van der Waals surface area contributed by atoms with Crippen molar-refractivity contribution in [2.24, 2.45) is 0 Å². The Kier molecular flexibility index (Phi) is 7.47. The fourth-order valence-electron chi connectivity index (χ4n) is 10.7. The molecule has 0 bridgehead atoms. The highest BCUT2D eigenvalue weighted by Crippen LogP contribution is 2.63. The van der Waals surface area contributed by atoms with Crippen LogP contribution in [0.15, 0.2) is 188 Å². The van der Waals surface area contributed by atoms with Gasteiger partial charge in [-0.15, -0.1) is 0 Å². The summed E-state index contributed by atoms with van der Waals surface area (Å²) in [6, 6.07) is 76.5. The highest BCUT2D eigenvalue weighted by Gasteiger charge is 2.51. The smallest absolute Gasteiger partial charge is 0.0725 e. The largest absolute Gasteiger partial charge is 0.309 e. The summed E-state index contributed by atoms with van der Waals surface area (Å²) in [6.45, 7) is 2.22. The van der Waals surface area contributed by atoms with Crippen LogP contribution in [-0.4, -0.2) is 0 Å². The Labute approximate surface area is 346 Å². The maximum atomic E-state index is 3.54. The Bertz CT molecular complexity index is 3070. The third kappa shape index (κ3) is 4.94. The maximum Gasteiger partial charge on any atom is 0.0725 e. The molecule has 1 nitrogen and oxygen atoms in total. The van der Waals surface area contributed by atoms with Crippen LogP contribution in [0.1, 0.15) is 61.6 Å². The van der Waals surface area contributed by atoms with Crippen molar-refractivity contribution < 1.29 is 0 Å². The van der Waals surface area contributed by atoms with Crippen LogP contribution in [0.4, 0.5) is 17.1 Å².